The van der Waals surface area contributed by atoms with E-state index in [9.17, 15) is 18.8 Å². The lowest BCUT2D eigenvalue weighted by molar-refractivity contribution is -0.137. The molecule has 7 heteroatoms. The SMILES string of the molecule is CN1C(=O)CC(C(=O)NCCCCCCC(=O)O)C1c1ccc(F)cc1. The first-order valence-corrected chi connectivity index (χ1v) is 8.90. The lowest BCUT2D eigenvalue weighted by Gasteiger charge is -2.25. The van der Waals surface area contributed by atoms with Crippen LogP contribution in [0.25, 0.3) is 0 Å². The third-order valence-electron chi connectivity index (χ3n) is 4.75. The number of rotatable bonds is 9. The first-order valence-electron chi connectivity index (χ1n) is 8.90. The van der Waals surface area contributed by atoms with E-state index in [2.05, 4.69) is 5.32 Å². The second-order valence-corrected chi connectivity index (χ2v) is 6.66. The lowest BCUT2D eigenvalue weighted by atomic mass is 9.93. The molecular weight excluding hydrogens is 339 g/mol. The average molecular weight is 364 g/mol. The van der Waals surface area contributed by atoms with Gasteiger partial charge in [0, 0.05) is 26.4 Å². The summed E-state index contributed by atoms with van der Waals surface area (Å²) in [7, 11) is 1.66. The molecule has 2 unspecified atom stereocenters. The van der Waals surface area contributed by atoms with Gasteiger partial charge in [-0.05, 0) is 30.5 Å². The molecular formula is C19H25FN2O4. The van der Waals surface area contributed by atoms with Crippen molar-refractivity contribution in [2.24, 2.45) is 5.92 Å². The van der Waals surface area contributed by atoms with Crippen molar-refractivity contribution >= 4 is 17.8 Å². The maximum atomic E-state index is 13.1. The van der Waals surface area contributed by atoms with Gasteiger partial charge in [-0.3, -0.25) is 14.4 Å². The molecule has 0 spiro atoms. The summed E-state index contributed by atoms with van der Waals surface area (Å²) in [5, 5.41) is 11.4. The van der Waals surface area contributed by atoms with Crippen molar-refractivity contribution in [1.82, 2.24) is 10.2 Å². The van der Waals surface area contributed by atoms with Crippen molar-refractivity contribution in [3.8, 4) is 0 Å². The number of carboxylic acid groups (broad SMARTS) is 1. The highest BCUT2D eigenvalue weighted by molar-refractivity contribution is 5.90. The summed E-state index contributed by atoms with van der Waals surface area (Å²) in [6.45, 7) is 0.496. The highest BCUT2D eigenvalue weighted by atomic mass is 19.1. The molecule has 1 fully saturated rings. The van der Waals surface area contributed by atoms with Crippen molar-refractivity contribution < 1.29 is 23.9 Å². The van der Waals surface area contributed by atoms with Crippen molar-refractivity contribution in [2.45, 2.75) is 44.6 Å². The Morgan fingerprint density at radius 1 is 1.19 bits per heavy atom. The Labute approximate surface area is 152 Å². The predicted octanol–water partition coefficient (Wildman–Crippen LogP) is 2.50. The molecule has 0 aliphatic carbocycles. The van der Waals surface area contributed by atoms with Gasteiger partial charge in [-0.15, -0.1) is 0 Å². The number of aliphatic carboxylic acids is 1. The Morgan fingerprint density at radius 3 is 2.50 bits per heavy atom. The number of amides is 2. The van der Waals surface area contributed by atoms with Crippen LogP contribution in [0.15, 0.2) is 24.3 Å². The van der Waals surface area contributed by atoms with Gasteiger partial charge >= 0.3 is 5.97 Å². The topological polar surface area (TPSA) is 86.7 Å². The summed E-state index contributed by atoms with van der Waals surface area (Å²) in [5.74, 6) is -1.93. The number of carbonyl (C=O) groups excluding carboxylic acids is 2. The molecule has 2 N–H and O–H groups in total. The number of carbonyl (C=O) groups is 3. The average Bonchev–Trinajstić information content (AvgIpc) is 2.90. The maximum absolute atomic E-state index is 13.1. The minimum absolute atomic E-state index is 0.104. The zero-order valence-corrected chi connectivity index (χ0v) is 14.9. The van der Waals surface area contributed by atoms with E-state index in [-0.39, 0.29) is 30.5 Å². The molecule has 2 amide bonds. The highest BCUT2D eigenvalue weighted by Crippen LogP contribution is 2.37. The van der Waals surface area contributed by atoms with Gasteiger partial charge in [-0.25, -0.2) is 4.39 Å². The molecule has 1 aliphatic rings. The number of nitrogens with one attached hydrogen (secondary N) is 1. The van der Waals surface area contributed by atoms with E-state index < -0.39 is 17.9 Å². The Morgan fingerprint density at radius 2 is 1.85 bits per heavy atom. The number of hydrogen-bond donors (Lipinski definition) is 2. The molecule has 1 aromatic rings. The number of hydrogen-bond acceptors (Lipinski definition) is 3. The lowest BCUT2D eigenvalue weighted by Crippen LogP contribution is -2.35. The molecule has 0 aromatic heterocycles. The standard InChI is InChI=1S/C19H25FN2O4/c1-22-16(23)12-15(18(22)13-7-9-14(20)10-8-13)19(26)21-11-5-3-2-4-6-17(24)25/h7-10,15,18H,2-6,11-12H2,1H3,(H,21,26)(H,24,25). The zero-order valence-electron chi connectivity index (χ0n) is 14.9. The summed E-state index contributed by atoms with van der Waals surface area (Å²) >= 11 is 0. The number of unbranched alkanes of at least 4 members (excludes halogenated alkanes) is 3. The van der Waals surface area contributed by atoms with Gasteiger partial charge in [0.2, 0.25) is 11.8 Å². The van der Waals surface area contributed by atoms with Gasteiger partial charge in [-0.2, -0.15) is 0 Å². The van der Waals surface area contributed by atoms with E-state index in [1.165, 1.54) is 12.1 Å². The molecule has 2 atom stereocenters. The fourth-order valence-electron chi connectivity index (χ4n) is 3.32. The predicted molar refractivity (Wildman–Crippen MR) is 93.7 cm³/mol. The molecule has 1 aromatic carbocycles. The number of nitrogens with zero attached hydrogens (tertiary/aromatic N) is 1. The molecule has 0 bridgehead atoms. The van der Waals surface area contributed by atoms with Crippen LogP contribution in [0.1, 0.15) is 50.1 Å². The number of halogens is 1. The van der Waals surface area contributed by atoms with Crippen LogP contribution >= 0.6 is 0 Å². The van der Waals surface area contributed by atoms with Crippen molar-refractivity contribution in [3.05, 3.63) is 35.6 Å². The minimum atomic E-state index is -0.792. The smallest absolute Gasteiger partial charge is 0.303 e. The van der Waals surface area contributed by atoms with Gasteiger partial charge in [0.1, 0.15) is 5.82 Å². The largest absolute Gasteiger partial charge is 0.481 e. The molecule has 1 saturated heterocycles. The van der Waals surface area contributed by atoms with Crippen LogP contribution < -0.4 is 5.32 Å². The van der Waals surface area contributed by atoms with Crippen LogP contribution in [-0.4, -0.2) is 41.4 Å². The van der Waals surface area contributed by atoms with E-state index in [4.69, 9.17) is 5.11 Å². The molecule has 0 radical (unpaired) electrons. The second kappa shape index (κ2) is 9.31. The maximum Gasteiger partial charge on any atom is 0.303 e. The summed E-state index contributed by atoms with van der Waals surface area (Å²) < 4.78 is 13.1. The van der Waals surface area contributed by atoms with Gasteiger partial charge in [-0.1, -0.05) is 25.0 Å². The normalized spacial score (nSPS) is 19.6. The molecule has 1 aliphatic heterocycles. The Kier molecular flexibility index (Phi) is 7.12. The van der Waals surface area contributed by atoms with Crippen molar-refractivity contribution in [1.29, 1.82) is 0 Å². The van der Waals surface area contributed by atoms with E-state index in [1.807, 2.05) is 0 Å². The zero-order chi connectivity index (χ0) is 19.1. The molecule has 1 heterocycles. The molecule has 26 heavy (non-hydrogen) atoms. The summed E-state index contributed by atoms with van der Waals surface area (Å²) in [6.07, 6.45) is 3.37. The van der Waals surface area contributed by atoms with Crippen LogP contribution in [0.5, 0.6) is 0 Å². The number of benzene rings is 1. The Balaban J connectivity index is 1.85. The van der Waals surface area contributed by atoms with E-state index in [0.717, 1.165) is 24.8 Å². The van der Waals surface area contributed by atoms with E-state index in [1.54, 1.807) is 24.1 Å². The van der Waals surface area contributed by atoms with Crippen LogP contribution in [-0.2, 0) is 14.4 Å². The summed E-state index contributed by atoms with van der Waals surface area (Å²) in [6, 6.07) is 5.49. The molecule has 0 saturated carbocycles. The van der Waals surface area contributed by atoms with Crippen LogP contribution in [0.4, 0.5) is 4.39 Å². The Hall–Kier alpha value is -2.44. The second-order valence-electron chi connectivity index (χ2n) is 6.66. The third-order valence-corrected chi connectivity index (χ3v) is 4.75. The molecule has 6 nitrogen and oxygen atoms in total. The first kappa shape index (κ1) is 19.9. The van der Waals surface area contributed by atoms with Crippen LogP contribution in [0.3, 0.4) is 0 Å². The monoisotopic (exact) mass is 364 g/mol. The fourth-order valence-corrected chi connectivity index (χ4v) is 3.32. The van der Waals surface area contributed by atoms with Crippen LogP contribution in [0, 0.1) is 11.7 Å². The third kappa shape index (κ3) is 5.28. The van der Waals surface area contributed by atoms with Crippen molar-refractivity contribution in [3.63, 3.8) is 0 Å². The van der Waals surface area contributed by atoms with E-state index >= 15 is 0 Å². The first-order chi connectivity index (χ1) is 12.4. The van der Waals surface area contributed by atoms with E-state index in [0.29, 0.717) is 13.0 Å². The quantitative estimate of drug-likeness (QED) is 0.659. The van der Waals surface area contributed by atoms with Gasteiger partial charge in [0.25, 0.3) is 0 Å². The van der Waals surface area contributed by atoms with Crippen molar-refractivity contribution in [2.75, 3.05) is 13.6 Å². The minimum Gasteiger partial charge on any atom is -0.481 e. The Bertz CT molecular complexity index is 647. The fraction of sp³-hybridized carbons (Fsp3) is 0.526. The van der Waals surface area contributed by atoms with Gasteiger partial charge < -0.3 is 15.3 Å². The number of carboxylic acids is 1. The molecule has 2 rings (SSSR count). The van der Waals surface area contributed by atoms with Gasteiger partial charge in [0.15, 0.2) is 0 Å². The highest BCUT2D eigenvalue weighted by Gasteiger charge is 2.42. The number of likely N-dealkylation sites (tertiary alicyclic amines) is 1. The molecule has 142 valence electrons. The van der Waals surface area contributed by atoms with Crippen LogP contribution in [0.2, 0.25) is 0 Å². The summed E-state index contributed by atoms with van der Waals surface area (Å²) in [4.78, 5) is 36.6. The van der Waals surface area contributed by atoms with Gasteiger partial charge in [0.05, 0.1) is 12.0 Å². The summed E-state index contributed by atoms with van der Waals surface area (Å²) in [5.41, 5.74) is 0.744.